The van der Waals surface area contributed by atoms with Crippen LogP contribution in [0.5, 0.6) is 0 Å². The van der Waals surface area contributed by atoms with Gasteiger partial charge in [0.05, 0.1) is 13.0 Å². The van der Waals surface area contributed by atoms with Crippen LogP contribution in [0, 0.1) is 5.92 Å². The highest BCUT2D eigenvalue weighted by molar-refractivity contribution is 5.79. The number of anilines is 1. The number of benzene rings is 1. The van der Waals surface area contributed by atoms with E-state index < -0.39 is 0 Å². The van der Waals surface area contributed by atoms with Gasteiger partial charge >= 0.3 is 0 Å². The Balaban J connectivity index is 2.11. The molecule has 1 aliphatic rings. The van der Waals surface area contributed by atoms with Gasteiger partial charge in [-0.1, -0.05) is 18.2 Å². The molecule has 1 atom stereocenters. The lowest BCUT2D eigenvalue weighted by molar-refractivity contribution is -0.173. The van der Waals surface area contributed by atoms with Crippen LogP contribution in [0.3, 0.4) is 0 Å². The molecule has 0 aromatic heterocycles. The van der Waals surface area contributed by atoms with E-state index in [2.05, 4.69) is 11.4 Å². The van der Waals surface area contributed by atoms with Gasteiger partial charge in [-0.15, -0.1) is 0 Å². The number of fused-ring (bicyclic) bond motifs is 1. The fourth-order valence-electron chi connectivity index (χ4n) is 1.96. The van der Waals surface area contributed by atoms with Crippen LogP contribution in [0.1, 0.15) is 5.56 Å². The smallest absolute Gasteiger partial charge is 0.251 e. The summed E-state index contributed by atoms with van der Waals surface area (Å²) in [6.07, 6.45) is 0.774. The van der Waals surface area contributed by atoms with Crippen molar-refractivity contribution in [2.45, 2.75) is 6.42 Å². The van der Waals surface area contributed by atoms with Crippen molar-refractivity contribution in [2.75, 3.05) is 26.0 Å². The van der Waals surface area contributed by atoms with Crippen molar-refractivity contribution in [1.29, 1.82) is 0 Å². The fourth-order valence-corrected chi connectivity index (χ4v) is 1.96. The van der Waals surface area contributed by atoms with E-state index in [1.165, 1.54) is 17.7 Å². The molecule has 16 heavy (non-hydrogen) atoms. The Morgan fingerprint density at radius 2 is 2.25 bits per heavy atom. The number of hydrogen-bond donors (Lipinski definition) is 1. The zero-order chi connectivity index (χ0) is 11.5. The second kappa shape index (κ2) is 4.53. The van der Waals surface area contributed by atoms with Crippen LogP contribution in [-0.2, 0) is 16.1 Å². The molecule has 0 aliphatic carbocycles. The summed E-state index contributed by atoms with van der Waals surface area (Å²) in [6.45, 7) is 0.670. The number of hydrogen-bond acceptors (Lipinski definition) is 3. The van der Waals surface area contributed by atoms with E-state index in [0.717, 1.165) is 12.1 Å². The first-order chi connectivity index (χ1) is 7.72. The van der Waals surface area contributed by atoms with Crippen molar-refractivity contribution >= 4 is 11.6 Å². The number of para-hydroxylation sites is 1. The van der Waals surface area contributed by atoms with E-state index in [0.29, 0.717) is 6.54 Å². The molecule has 1 heterocycles. The zero-order valence-corrected chi connectivity index (χ0v) is 9.56. The predicted molar refractivity (Wildman–Crippen MR) is 61.9 cm³/mol. The van der Waals surface area contributed by atoms with Crippen LogP contribution < -0.4 is 5.32 Å². The van der Waals surface area contributed by atoms with Gasteiger partial charge in [-0.05, 0) is 18.1 Å². The topological polar surface area (TPSA) is 41.6 Å². The largest absolute Gasteiger partial charge is 0.384 e. The molecule has 0 bridgehead atoms. The lowest BCUT2D eigenvalue weighted by Gasteiger charge is -2.27. The highest BCUT2D eigenvalue weighted by atomic mass is 16.7. The molecule has 0 spiro atoms. The maximum Gasteiger partial charge on any atom is 0.251 e. The number of amides is 1. The summed E-state index contributed by atoms with van der Waals surface area (Å²) in [5.74, 6) is -0.0237. The van der Waals surface area contributed by atoms with Crippen LogP contribution in [-0.4, -0.2) is 31.7 Å². The summed E-state index contributed by atoms with van der Waals surface area (Å²) in [7, 11) is 3.14. The second-order valence-electron chi connectivity index (χ2n) is 3.96. The lowest BCUT2D eigenvalue weighted by Crippen LogP contribution is -2.38. The number of nitrogens with one attached hydrogen (secondary N) is 1. The Labute approximate surface area is 95.2 Å². The summed E-state index contributed by atoms with van der Waals surface area (Å²) in [6, 6.07) is 8.08. The van der Waals surface area contributed by atoms with Gasteiger partial charge in [-0.25, -0.2) is 5.06 Å². The molecule has 1 aromatic carbocycles. The molecule has 0 radical (unpaired) electrons. The molecule has 0 saturated heterocycles. The summed E-state index contributed by atoms with van der Waals surface area (Å²) in [4.78, 5) is 16.8. The third-order valence-electron chi connectivity index (χ3n) is 2.96. The molecule has 4 nitrogen and oxygen atoms in total. The number of carbonyl (C=O) groups excluding carboxylic acids is 1. The first-order valence-electron chi connectivity index (χ1n) is 5.36. The fraction of sp³-hybridized carbons (Fsp3) is 0.417. The van der Waals surface area contributed by atoms with Crippen molar-refractivity contribution in [1.82, 2.24) is 5.06 Å². The van der Waals surface area contributed by atoms with Crippen LogP contribution in [0.2, 0.25) is 0 Å². The van der Waals surface area contributed by atoms with Crippen LogP contribution in [0.4, 0.5) is 5.69 Å². The van der Waals surface area contributed by atoms with Crippen LogP contribution >= 0.6 is 0 Å². The standard InChI is InChI=1S/C12H16N2O2/c1-14(16-2)12(15)10-7-9-5-3-4-6-11(9)13-8-10/h3-6,10,13H,7-8H2,1-2H3. The second-order valence-corrected chi connectivity index (χ2v) is 3.96. The molecular weight excluding hydrogens is 204 g/mol. The number of rotatable bonds is 2. The maximum absolute atomic E-state index is 11.9. The van der Waals surface area contributed by atoms with E-state index in [-0.39, 0.29) is 11.8 Å². The Morgan fingerprint density at radius 3 is 3.00 bits per heavy atom. The van der Waals surface area contributed by atoms with E-state index in [4.69, 9.17) is 4.84 Å². The van der Waals surface area contributed by atoms with Gasteiger partial charge in [-0.3, -0.25) is 9.63 Å². The Hall–Kier alpha value is -1.55. The number of hydroxylamine groups is 2. The van der Waals surface area contributed by atoms with Gasteiger partial charge in [0.1, 0.15) is 0 Å². The van der Waals surface area contributed by atoms with Crippen molar-refractivity contribution in [3.63, 3.8) is 0 Å². The zero-order valence-electron chi connectivity index (χ0n) is 9.56. The normalized spacial score (nSPS) is 18.5. The average molecular weight is 220 g/mol. The molecule has 0 fully saturated rings. The first-order valence-corrected chi connectivity index (χ1v) is 5.36. The lowest BCUT2D eigenvalue weighted by atomic mass is 9.93. The monoisotopic (exact) mass is 220 g/mol. The van der Waals surface area contributed by atoms with Gasteiger partial charge in [0.25, 0.3) is 5.91 Å². The highest BCUT2D eigenvalue weighted by Crippen LogP contribution is 2.24. The predicted octanol–water partition coefficient (Wildman–Crippen LogP) is 1.29. The Bertz CT molecular complexity index is 392. The van der Waals surface area contributed by atoms with Gasteiger partial charge < -0.3 is 5.32 Å². The van der Waals surface area contributed by atoms with E-state index >= 15 is 0 Å². The van der Waals surface area contributed by atoms with Crippen molar-refractivity contribution in [3.8, 4) is 0 Å². The molecule has 2 rings (SSSR count). The Kier molecular flexibility index (Phi) is 3.10. The molecule has 4 heteroatoms. The summed E-state index contributed by atoms with van der Waals surface area (Å²) in [5, 5.41) is 4.56. The molecular formula is C12H16N2O2. The van der Waals surface area contributed by atoms with Crippen molar-refractivity contribution < 1.29 is 9.63 Å². The SMILES string of the molecule is CON(C)C(=O)C1CNc2ccccc2C1. The van der Waals surface area contributed by atoms with Crippen LogP contribution in [0.25, 0.3) is 0 Å². The van der Waals surface area contributed by atoms with Gasteiger partial charge in [0.15, 0.2) is 0 Å². The highest BCUT2D eigenvalue weighted by Gasteiger charge is 2.26. The van der Waals surface area contributed by atoms with Crippen LogP contribution in [0.15, 0.2) is 24.3 Å². The van der Waals surface area contributed by atoms with Gasteiger partial charge in [0, 0.05) is 19.3 Å². The molecule has 1 aliphatic heterocycles. The molecule has 1 N–H and O–H groups in total. The minimum Gasteiger partial charge on any atom is -0.384 e. The third kappa shape index (κ3) is 2.02. The summed E-state index contributed by atoms with van der Waals surface area (Å²) < 4.78 is 0. The molecule has 0 saturated carbocycles. The third-order valence-corrected chi connectivity index (χ3v) is 2.96. The summed E-state index contributed by atoms with van der Waals surface area (Å²) in [5.41, 5.74) is 2.32. The summed E-state index contributed by atoms with van der Waals surface area (Å²) >= 11 is 0. The molecule has 1 unspecified atom stereocenters. The molecule has 1 aromatic rings. The Morgan fingerprint density at radius 1 is 1.50 bits per heavy atom. The van der Waals surface area contributed by atoms with Crippen molar-refractivity contribution in [3.05, 3.63) is 29.8 Å². The minimum atomic E-state index is -0.0418. The number of carbonyl (C=O) groups is 1. The van der Waals surface area contributed by atoms with E-state index in [1.807, 2.05) is 18.2 Å². The average Bonchev–Trinajstić information content (AvgIpc) is 2.36. The van der Waals surface area contributed by atoms with Gasteiger partial charge in [-0.2, -0.15) is 0 Å². The van der Waals surface area contributed by atoms with Crippen molar-refractivity contribution in [2.24, 2.45) is 5.92 Å². The van der Waals surface area contributed by atoms with E-state index in [9.17, 15) is 4.79 Å². The van der Waals surface area contributed by atoms with Gasteiger partial charge in [0.2, 0.25) is 0 Å². The first kappa shape index (κ1) is 11.0. The number of nitrogens with zero attached hydrogens (tertiary/aromatic N) is 1. The minimum absolute atomic E-state index is 0.0181. The quantitative estimate of drug-likeness (QED) is 0.764. The molecule has 1 amide bonds. The maximum atomic E-state index is 11.9. The van der Waals surface area contributed by atoms with E-state index in [1.54, 1.807) is 7.05 Å². The molecule has 86 valence electrons.